The lowest BCUT2D eigenvalue weighted by Crippen LogP contribution is -2.37. The zero-order valence-corrected chi connectivity index (χ0v) is 10.5. The Morgan fingerprint density at radius 3 is 3.06 bits per heavy atom. The van der Waals surface area contributed by atoms with E-state index in [0.717, 1.165) is 30.4 Å². The van der Waals surface area contributed by atoms with Gasteiger partial charge in [0.05, 0.1) is 5.02 Å². The summed E-state index contributed by atoms with van der Waals surface area (Å²) in [5.74, 6) is 0.914. The van der Waals surface area contributed by atoms with Crippen molar-refractivity contribution in [3.8, 4) is 0 Å². The maximum absolute atomic E-state index is 6.13. The van der Waals surface area contributed by atoms with E-state index in [4.69, 9.17) is 11.6 Å². The van der Waals surface area contributed by atoms with Gasteiger partial charge in [-0.3, -0.25) is 0 Å². The molecule has 0 radical (unpaired) electrons. The average molecular weight is 240 g/mol. The molecule has 1 fully saturated rings. The number of rotatable bonds is 3. The Hall–Kier alpha value is -0.800. The van der Waals surface area contributed by atoms with Gasteiger partial charge in [-0.05, 0) is 18.6 Å². The highest BCUT2D eigenvalue weighted by Crippen LogP contribution is 2.25. The molecule has 1 N–H and O–H groups in total. The molecule has 2 heterocycles. The van der Waals surface area contributed by atoms with Crippen LogP contribution >= 0.6 is 11.6 Å². The Labute approximate surface area is 102 Å². The van der Waals surface area contributed by atoms with E-state index in [2.05, 4.69) is 29.0 Å². The summed E-state index contributed by atoms with van der Waals surface area (Å²) in [6.07, 6.45) is 2.95. The van der Waals surface area contributed by atoms with E-state index < -0.39 is 0 Å². The van der Waals surface area contributed by atoms with Crippen molar-refractivity contribution < 1.29 is 0 Å². The first kappa shape index (κ1) is 11.7. The van der Waals surface area contributed by atoms with E-state index >= 15 is 0 Å². The van der Waals surface area contributed by atoms with Crippen LogP contribution in [0.5, 0.6) is 0 Å². The lowest BCUT2D eigenvalue weighted by molar-refractivity contribution is 0.492. The Bertz CT molecular complexity index is 354. The van der Waals surface area contributed by atoms with Gasteiger partial charge in [0.2, 0.25) is 0 Å². The maximum Gasteiger partial charge on any atom is 0.147 e. The van der Waals surface area contributed by atoms with Crippen LogP contribution in [0, 0.1) is 0 Å². The number of halogens is 1. The number of hydrogen-bond donors (Lipinski definition) is 1. The van der Waals surface area contributed by atoms with Gasteiger partial charge >= 0.3 is 0 Å². The number of nitrogens with one attached hydrogen (secondary N) is 1. The Kier molecular flexibility index (Phi) is 3.66. The summed E-state index contributed by atoms with van der Waals surface area (Å²) in [6, 6.07) is 4.85. The van der Waals surface area contributed by atoms with Gasteiger partial charge in [-0.25, -0.2) is 4.98 Å². The van der Waals surface area contributed by atoms with Crippen LogP contribution in [0.15, 0.2) is 18.3 Å². The highest BCUT2D eigenvalue weighted by molar-refractivity contribution is 6.32. The molecule has 1 aliphatic rings. The second kappa shape index (κ2) is 5.02. The number of nitrogens with zero attached hydrogens (tertiary/aromatic N) is 2. The second-order valence-electron chi connectivity index (χ2n) is 4.56. The fourth-order valence-electron chi connectivity index (χ4n) is 2.17. The summed E-state index contributed by atoms with van der Waals surface area (Å²) in [4.78, 5) is 6.59. The van der Waals surface area contributed by atoms with Crippen LogP contribution in [-0.4, -0.2) is 30.2 Å². The predicted octanol–water partition coefficient (Wildman–Crippen LogP) is 2.31. The molecule has 16 heavy (non-hydrogen) atoms. The van der Waals surface area contributed by atoms with Gasteiger partial charge in [0.25, 0.3) is 0 Å². The molecule has 4 heteroatoms. The molecule has 0 aromatic carbocycles. The summed E-state index contributed by atoms with van der Waals surface area (Å²) in [5, 5.41) is 4.29. The minimum absolute atomic E-state index is 0.532. The molecule has 0 aliphatic carbocycles. The largest absolute Gasteiger partial charge is 0.354 e. The van der Waals surface area contributed by atoms with E-state index in [1.807, 2.05) is 12.1 Å². The molecule has 1 aromatic heterocycles. The summed E-state index contributed by atoms with van der Waals surface area (Å²) in [7, 11) is 0. The maximum atomic E-state index is 6.13. The molecule has 0 bridgehead atoms. The van der Waals surface area contributed by atoms with Crippen molar-refractivity contribution in [2.24, 2.45) is 0 Å². The second-order valence-corrected chi connectivity index (χ2v) is 4.97. The van der Waals surface area contributed by atoms with Crippen LogP contribution in [0.1, 0.15) is 20.3 Å². The Balaban J connectivity index is 2.01. The molecule has 88 valence electrons. The molecule has 3 nitrogen and oxygen atoms in total. The van der Waals surface area contributed by atoms with Gasteiger partial charge < -0.3 is 10.2 Å². The van der Waals surface area contributed by atoms with Crippen LogP contribution in [0.4, 0.5) is 5.82 Å². The van der Waals surface area contributed by atoms with E-state index in [0.29, 0.717) is 12.1 Å². The summed E-state index contributed by atoms with van der Waals surface area (Å²) in [6.45, 7) is 6.38. The predicted molar refractivity (Wildman–Crippen MR) is 68.1 cm³/mol. The molecule has 0 amide bonds. The van der Waals surface area contributed by atoms with Crippen LogP contribution in [0.25, 0.3) is 0 Å². The Morgan fingerprint density at radius 2 is 2.38 bits per heavy atom. The highest BCUT2D eigenvalue weighted by atomic mass is 35.5. The van der Waals surface area contributed by atoms with Crippen molar-refractivity contribution in [1.29, 1.82) is 0 Å². The molecule has 1 aromatic rings. The molecular formula is C12H18ClN3. The zero-order chi connectivity index (χ0) is 11.5. The third-order valence-electron chi connectivity index (χ3n) is 2.80. The zero-order valence-electron chi connectivity index (χ0n) is 9.78. The van der Waals surface area contributed by atoms with E-state index in [1.165, 1.54) is 0 Å². The average Bonchev–Trinajstić information content (AvgIpc) is 2.66. The monoisotopic (exact) mass is 239 g/mol. The van der Waals surface area contributed by atoms with Gasteiger partial charge in [-0.1, -0.05) is 25.4 Å². The normalized spacial score (nSPS) is 20.8. The van der Waals surface area contributed by atoms with E-state index in [-0.39, 0.29) is 0 Å². The van der Waals surface area contributed by atoms with Gasteiger partial charge in [0, 0.05) is 31.4 Å². The molecule has 1 unspecified atom stereocenters. The first-order valence-corrected chi connectivity index (χ1v) is 6.16. The lowest BCUT2D eigenvalue weighted by Gasteiger charge is -2.19. The summed E-state index contributed by atoms with van der Waals surface area (Å²) in [5.41, 5.74) is 0. The van der Waals surface area contributed by atoms with Crippen LogP contribution in [0.3, 0.4) is 0 Å². The van der Waals surface area contributed by atoms with Gasteiger partial charge in [0.15, 0.2) is 0 Å². The van der Waals surface area contributed by atoms with Crippen LogP contribution in [0.2, 0.25) is 5.02 Å². The first-order valence-electron chi connectivity index (χ1n) is 5.78. The van der Waals surface area contributed by atoms with Gasteiger partial charge in [0.1, 0.15) is 5.82 Å². The van der Waals surface area contributed by atoms with Crippen LogP contribution in [-0.2, 0) is 0 Å². The topological polar surface area (TPSA) is 28.2 Å². The first-order chi connectivity index (χ1) is 7.66. The molecule has 0 saturated carbocycles. The molecule has 1 saturated heterocycles. The van der Waals surface area contributed by atoms with Crippen molar-refractivity contribution >= 4 is 17.4 Å². The van der Waals surface area contributed by atoms with Crippen molar-refractivity contribution in [2.45, 2.75) is 32.4 Å². The minimum atomic E-state index is 0.532. The standard InChI is InChI=1S/C12H18ClN3/c1-9(2)15-10-5-7-16(8-10)12-11(13)4-3-6-14-12/h3-4,6,9-10,15H,5,7-8H2,1-2H3. The smallest absolute Gasteiger partial charge is 0.147 e. The fraction of sp³-hybridized carbons (Fsp3) is 0.583. The third kappa shape index (κ3) is 2.66. The molecule has 1 atom stereocenters. The van der Waals surface area contributed by atoms with Crippen molar-refractivity contribution in [2.75, 3.05) is 18.0 Å². The molecule has 0 spiro atoms. The SMILES string of the molecule is CC(C)NC1CCN(c2ncccc2Cl)C1. The quantitative estimate of drug-likeness (QED) is 0.878. The third-order valence-corrected chi connectivity index (χ3v) is 3.09. The van der Waals surface area contributed by atoms with E-state index in [1.54, 1.807) is 6.20 Å². The Morgan fingerprint density at radius 1 is 1.56 bits per heavy atom. The number of aromatic nitrogens is 1. The number of pyridine rings is 1. The number of hydrogen-bond acceptors (Lipinski definition) is 3. The molecular weight excluding hydrogens is 222 g/mol. The number of anilines is 1. The lowest BCUT2D eigenvalue weighted by atomic mass is 10.2. The highest BCUT2D eigenvalue weighted by Gasteiger charge is 2.24. The van der Waals surface area contributed by atoms with Crippen LogP contribution < -0.4 is 10.2 Å². The van der Waals surface area contributed by atoms with E-state index in [9.17, 15) is 0 Å². The van der Waals surface area contributed by atoms with Gasteiger partial charge in [-0.2, -0.15) is 0 Å². The molecule has 2 rings (SSSR count). The molecule has 1 aliphatic heterocycles. The van der Waals surface area contributed by atoms with Crippen molar-refractivity contribution in [1.82, 2.24) is 10.3 Å². The van der Waals surface area contributed by atoms with Crippen molar-refractivity contribution in [3.63, 3.8) is 0 Å². The summed E-state index contributed by atoms with van der Waals surface area (Å²) >= 11 is 6.13. The fourth-order valence-corrected chi connectivity index (χ4v) is 2.41. The minimum Gasteiger partial charge on any atom is -0.354 e. The van der Waals surface area contributed by atoms with Crippen molar-refractivity contribution in [3.05, 3.63) is 23.4 Å². The summed E-state index contributed by atoms with van der Waals surface area (Å²) < 4.78 is 0. The van der Waals surface area contributed by atoms with Gasteiger partial charge in [-0.15, -0.1) is 0 Å².